The molecule has 19 heavy (non-hydrogen) atoms. The van der Waals surface area contributed by atoms with E-state index in [1.54, 1.807) is 0 Å². The Morgan fingerprint density at radius 2 is 1.95 bits per heavy atom. The highest BCUT2D eigenvalue weighted by atomic mass is 79.9. The van der Waals surface area contributed by atoms with Crippen LogP contribution in [0.1, 0.15) is 29.3 Å². The van der Waals surface area contributed by atoms with Crippen molar-refractivity contribution >= 4 is 21.8 Å². The van der Waals surface area contributed by atoms with Crippen molar-refractivity contribution in [3.63, 3.8) is 0 Å². The number of aryl methyl sites for hydroxylation is 1. The molecule has 0 aromatic heterocycles. The van der Waals surface area contributed by atoms with Crippen LogP contribution in [0, 0.1) is 6.92 Å². The predicted octanol–water partition coefficient (Wildman–Crippen LogP) is 2.93. The van der Waals surface area contributed by atoms with E-state index >= 15 is 0 Å². The first-order chi connectivity index (χ1) is 9.13. The van der Waals surface area contributed by atoms with Gasteiger partial charge < -0.3 is 4.90 Å². The molecule has 0 atom stereocenters. The number of amides is 1. The maximum absolute atomic E-state index is 12.5. The number of hydrogen-bond donors (Lipinski definition) is 0. The van der Waals surface area contributed by atoms with E-state index in [0.29, 0.717) is 0 Å². The number of halogens is 1. The van der Waals surface area contributed by atoms with Gasteiger partial charge in [-0.25, -0.2) is 0 Å². The molecule has 0 saturated carbocycles. The van der Waals surface area contributed by atoms with Crippen LogP contribution in [0.4, 0.5) is 0 Å². The van der Waals surface area contributed by atoms with Gasteiger partial charge in [-0.15, -0.1) is 0 Å². The first-order valence-corrected chi connectivity index (χ1v) is 7.69. The van der Waals surface area contributed by atoms with Crippen LogP contribution >= 0.6 is 15.9 Å². The Bertz CT molecular complexity index is 453. The molecule has 1 aromatic carbocycles. The zero-order valence-corrected chi connectivity index (χ0v) is 13.2. The summed E-state index contributed by atoms with van der Waals surface area (Å²) < 4.78 is 0.927. The van der Waals surface area contributed by atoms with E-state index in [1.165, 1.54) is 6.42 Å². The van der Waals surface area contributed by atoms with E-state index in [0.717, 1.165) is 48.3 Å². The largest absolute Gasteiger partial charge is 0.336 e. The normalized spacial score (nSPS) is 16.7. The highest BCUT2D eigenvalue weighted by Crippen LogP contribution is 2.22. The van der Waals surface area contributed by atoms with Gasteiger partial charge in [-0.2, -0.15) is 0 Å². The third kappa shape index (κ3) is 3.37. The van der Waals surface area contributed by atoms with Crippen LogP contribution in [-0.2, 0) is 0 Å². The number of rotatable bonds is 3. The molecule has 0 radical (unpaired) electrons. The molecule has 0 bridgehead atoms. The van der Waals surface area contributed by atoms with Gasteiger partial charge in [-0.3, -0.25) is 9.69 Å². The summed E-state index contributed by atoms with van der Waals surface area (Å²) in [7, 11) is 0. The first-order valence-electron chi connectivity index (χ1n) is 6.90. The standard InChI is InChI=1S/C15H21BrN2O/c1-3-7-17-8-10-18(11-9-17)15(19)13-6-4-5-12(2)14(13)16/h4-6H,3,7-11H2,1-2H3. The second-order valence-corrected chi connectivity index (χ2v) is 5.86. The fourth-order valence-corrected chi connectivity index (χ4v) is 2.91. The van der Waals surface area contributed by atoms with E-state index in [2.05, 4.69) is 27.8 Å². The summed E-state index contributed by atoms with van der Waals surface area (Å²) in [6, 6.07) is 5.86. The zero-order valence-electron chi connectivity index (χ0n) is 11.7. The molecule has 1 heterocycles. The van der Waals surface area contributed by atoms with Gasteiger partial charge in [0.25, 0.3) is 5.91 Å². The summed E-state index contributed by atoms with van der Waals surface area (Å²) >= 11 is 3.53. The van der Waals surface area contributed by atoms with E-state index < -0.39 is 0 Å². The van der Waals surface area contributed by atoms with Crippen molar-refractivity contribution in [2.75, 3.05) is 32.7 Å². The molecule has 1 aliphatic heterocycles. The van der Waals surface area contributed by atoms with Crippen molar-refractivity contribution in [3.05, 3.63) is 33.8 Å². The molecule has 4 heteroatoms. The molecule has 3 nitrogen and oxygen atoms in total. The number of hydrogen-bond acceptors (Lipinski definition) is 2. The number of piperazine rings is 1. The predicted molar refractivity (Wildman–Crippen MR) is 81.5 cm³/mol. The molecule has 2 rings (SSSR count). The Kier molecular flexibility index (Phi) is 4.99. The number of nitrogens with zero attached hydrogens (tertiary/aromatic N) is 2. The quantitative estimate of drug-likeness (QED) is 0.853. The van der Waals surface area contributed by atoms with Gasteiger partial charge in [0.2, 0.25) is 0 Å². The van der Waals surface area contributed by atoms with Crippen molar-refractivity contribution in [2.45, 2.75) is 20.3 Å². The van der Waals surface area contributed by atoms with Gasteiger partial charge in [0.05, 0.1) is 5.56 Å². The van der Waals surface area contributed by atoms with Crippen molar-refractivity contribution in [3.8, 4) is 0 Å². The van der Waals surface area contributed by atoms with Gasteiger partial charge in [0.1, 0.15) is 0 Å². The zero-order chi connectivity index (χ0) is 13.8. The fraction of sp³-hybridized carbons (Fsp3) is 0.533. The van der Waals surface area contributed by atoms with Crippen LogP contribution in [0.15, 0.2) is 22.7 Å². The van der Waals surface area contributed by atoms with Gasteiger partial charge in [-0.05, 0) is 47.4 Å². The van der Waals surface area contributed by atoms with Gasteiger partial charge in [0, 0.05) is 30.7 Å². The van der Waals surface area contributed by atoms with Crippen LogP contribution < -0.4 is 0 Å². The molecule has 0 aliphatic carbocycles. The molecule has 1 aromatic rings. The molecule has 1 amide bonds. The van der Waals surface area contributed by atoms with Gasteiger partial charge in [-0.1, -0.05) is 19.1 Å². The van der Waals surface area contributed by atoms with Crippen LogP contribution in [0.3, 0.4) is 0 Å². The Morgan fingerprint density at radius 3 is 2.58 bits per heavy atom. The summed E-state index contributed by atoms with van der Waals surface area (Å²) in [6.45, 7) is 8.99. The van der Waals surface area contributed by atoms with E-state index in [4.69, 9.17) is 0 Å². The average molecular weight is 325 g/mol. The minimum Gasteiger partial charge on any atom is -0.336 e. The highest BCUT2D eigenvalue weighted by molar-refractivity contribution is 9.10. The Balaban J connectivity index is 2.03. The molecule has 1 saturated heterocycles. The van der Waals surface area contributed by atoms with E-state index in [-0.39, 0.29) is 5.91 Å². The second-order valence-electron chi connectivity index (χ2n) is 5.07. The molecule has 1 aliphatic rings. The average Bonchev–Trinajstić information content (AvgIpc) is 2.42. The SMILES string of the molecule is CCCN1CCN(C(=O)c2cccc(C)c2Br)CC1. The monoisotopic (exact) mass is 324 g/mol. The van der Waals surface area contributed by atoms with E-state index in [9.17, 15) is 4.79 Å². The van der Waals surface area contributed by atoms with Crippen LogP contribution in [-0.4, -0.2) is 48.4 Å². The second kappa shape index (κ2) is 6.53. The van der Waals surface area contributed by atoms with Crippen LogP contribution in [0.25, 0.3) is 0 Å². The van der Waals surface area contributed by atoms with Crippen LogP contribution in [0.5, 0.6) is 0 Å². The maximum Gasteiger partial charge on any atom is 0.255 e. The van der Waals surface area contributed by atoms with Crippen LogP contribution in [0.2, 0.25) is 0 Å². The minimum absolute atomic E-state index is 0.145. The lowest BCUT2D eigenvalue weighted by molar-refractivity contribution is 0.0636. The lowest BCUT2D eigenvalue weighted by Gasteiger charge is -2.34. The van der Waals surface area contributed by atoms with Crippen molar-refractivity contribution in [2.24, 2.45) is 0 Å². The molecule has 0 N–H and O–H groups in total. The third-order valence-electron chi connectivity index (χ3n) is 3.62. The summed E-state index contributed by atoms with van der Waals surface area (Å²) in [5.74, 6) is 0.145. The van der Waals surface area contributed by atoms with Crippen molar-refractivity contribution in [1.82, 2.24) is 9.80 Å². The third-order valence-corrected chi connectivity index (χ3v) is 4.67. The van der Waals surface area contributed by atoms with Gasteiger partial charge in [0.15, 0.2) is 0 Å². The highest BCUT2D eigenvalue weighted by Gasteiger charge is 2.23. The molecule has 0 spiro atoms. The summed E-state index contributed by atoms with van der Waals surface area (Å²) in [6.07, 6.45) is 1.18. The molecular formula is C15H21BrN2O. The molecule has 0 unspecified atom stereocenters. The number of carbonyl (C=O) groups is 1. The topological polar surface area (TPSA) is 23.6 Å². The minimum atomic E-state index is 0.145. The van der Waals surface area contributed by atoms with Gasteiger partial charge >= 0.3 is 0 Å². The van der Waals surface area contributed by atoms with Crippen molar-refractivity contribution in [1.29, 1.82) is 0 Å². The number of benzene rings is 1. The van der Waals surface area contributed by atoms with E-state index in [1.807, 2.05) is 30.0 Å². The Morgan fingerprint density at radius 1 is 1.26 bits per heavy atom. The summed E-state index contributed by atoms with van der Waals surface area (Å²) in [4.78, 5) is 16.9. The fourth-order valence-electron chi connectivity index (χ4n) is 2.47. The summed E-state index contributed by atoms with van der Waals surface area (Å²) in [5, 5.41) is 0. The molecule has 1 fully saturated rings. The lowest BCUT2D eigenvalue weighted by Crippen LogP contribution is -2.48. The smallest absolute Gasteiger partial charge is 0.255 e. The molecular weight excluding hydrogens is 304 g/mol. The molecule has 104 valence electrons. The number of carbonyl (C=O) groups excluding carboxylic acids is 1. The lowest BCUT2D eigenvalue weighted by atomic mass is 10.1. The van der Waals surface area contributed by atoms with Crippen molar-refractivity contribution < 1.29 is 4.79 Å². The Hall–Kier alpha value is -0.870. The maximum atomic E-state index is 12.5. The first kappa shape index (κ1) is 14.5. The Labute approximate surface area is 123 Å². The summed E-state index contributed by atoms with van der Waals surface area (Å²) in [5.41, 5.74) is 1.89.